The van der Waals surface area contributed by atoms with Crippen molar-refractivity contribution in [1.29, 1.82) is 0 Å². The molecule has 2 heterocycles. The summed E-state index contributed by atoms with van der Waals surface area (Å²) in [6, 6.07) is 1.78. The maximum absolute atomic E-state index is 12.0. The number of nitrogens with one attached hydrogen (secondary N) is 1. The number of nitrogens with zero attached hydrogens (tertiary/aromatic N) is 3. The zero-order valence-electron chi connectivity index (χ0n) is 13.3. The number of aromatic nitrogens is 1. The van der Waals surface area contributed by atoms with Gasteiger partial charge in [-0.15, -0.1) is 0 Å². The molecule has 0 unspecified atom stereocenters. The second kappa shape index (κ2) is 7.45. The smallest absolute Gasteiger partial charge is 0.317 e. The maximum Gasteiger partial charge on any atom is 0.317 e. The van der Waals surface area contributed by atoms with E-state index in [1.54, 1.807) is 11.9 Å². The van der Waals surface area contributed by atoms with Crippen molar-refractivity contribution >= 4 is 6.03 Å². The lowest BCUT2D eigenvalue weighted by atomic mass is 9.99. The molecule has 1 aromatic rings. The summed E-state index contributed by atoms with van der Waals surface area (Å²) in [5.74, 6) is 1.60. The predicted molar refractivity (Wildman–Crippen MR) is 80.9 cm³/mol. The van der Waals surface area contributed by atoms with Crippen molar-refractivity contribution in [2.24, 2.45) is 5.92 Å². The average Bonchev–Trinajstić information content (AvgIpc) is 2.86. The van der Waals surface area contributed by atoms with E-state index >= 15 is 0 Å². The minimum Gasteiger partial charge on any atom is -0.361 e. The molecule has 1 aromatic heterocycles. The van der Waals surface area contributed by atoms with Gasteiger partial charge in [-0.3, -0.25) is 0 Å². The van der Waals surface area contributed by atoms with Crippen molar-refractivity contribution < 1.29 is 9.32 Å². The van der Waals surface area contributed by atoms with Crippen LogP contribution in [0.5, 0.6) is 0 Å². The molecular weight excluding hydrogens is 268 g/mol. The normalized spacial score (nSPS) is 16.9. The van der Waals surface area contributed by atoms with Crippen LogP contribution >= 0.6 is 0 Å². The third kappa shape index (κ3) is 5.04. The van der Waals surface area contributed by atoms with Gasteiger partial charge in [0.25, 0.3) is 0 Å². The van der Waals surface area contributed by atoms with Gasteiger partial charge in [0.15, 0.2) is 0 Å². The van der Waals surface area contributed by atoms with Crippen LogP contribution in [0.25, 0.3) is 0 Å². The van der Waals surface area contributed by atoms with Gasteiger partial charge in [0.2, 0.25) is 0 Å². The molecule has 0 bridgehead atoms. The number of hydrogen-bond acceptors (Lipinski definition) is 4. The summed E-state index contributed by atoms with van der Waals surface area (Å²) in [5.41, 5.74) is 0.773. The third-order valence-corrected chi connectivity index (χ3v) is 4.00. The first kappa shape index (κ1) is 15.8. The molecule has 21 heavy (non-hydrogen) atoms. The highest BCUT2D eigenvalue weighted by Gasteiger charge is 2.16. The molecule has 0 aromatic carbocycles. The molecule has 0 saturated carbocycles. The Kier molecular flexibility index (Phi) is 5.61. The molecule has 0 radical (unpaired) electrons. The Labute approximate surface area is 126 Å². The molecule has 1 fully saturated rings. The van der Waals surface area contributed by atoms with Crippen LogP contribution in [0.4, 0.5) is 4.79 Å². The Bertz CT molecular complexity index is 452. The van der Waals surface area contributed by atoms with E-state index in [2.05, 4.69) is 22.3 Å². The van der Waals surface area contributed by atoms with Crippen LogP contribution in [0.2, 0.25) is 0 Å². The fraction of sp³-hybridized carbons (Fsp3) is 0.733. The van der Waals surface area contributed by atoms with Gasteiger partial charge in [-0.25, -0.2) is 4.79 Å². The van der Waals surface area contributed by atoms with E-state index in [1.165, 1.54) is 12.8 Å². The SMILES string of the molecule is Cc1cc(CN(C)C(=O)NCCN2CCC(C)CC2)no1. The molecule has 0 atom stereocenters. The van der Waals surface area contributed by atoms with Crippen LogP contribution in [0.1, 0.15) is 31.2 Å². The first-order valence-electron chi connectivity index (χ1n) is 7.68. The van der Waals surface area contributed by atoms with Crippen LogP contribution in [0.15, 0.2) is 10.6 Å². The monoisotopic (exact) mass is 294 g/mol. The van der Waals surface area contributed by atoms with E-state index in [9.17, 15) is 4.79 Å². The van der Waals surface area contributed by atoms with Crippen LogP contribution in [-0.4, -0.2) is 54.2 Å². The van der Waals surface area contributed by atoms with Gasteiger partial charge in [-0.05, 0) is 38.8 Å². The zero-order chi connectivity index (χ0) is 15.2. The van der Waals surface area contributed by atoms with E-state index in [4.69, 9.17) is 4.52 Å². The molecule has 1 aliphatic rings. The lowest BCUT2D eigenvalue weighted by Crippen LogP contribution is -2.42. The predicted octanol–water partition coefficient (Wildman–Crippen LogP) is 1.86. The van der Waals surface area contributed by atoms with E-state index in [-0.39, 0.29) is 6.03 Å². The van der Waals surface area contributed by atoms with Crippen molar-refractivity contribution in [3.05, 3.63) is 17.5 Å². The Hall–Kier alpha value is -1.56. The standard InChI is InChI=1S/C15H26N4O2/c1-12-4-7-19(8-5-12)9-6-16-15(20)18(3)11-14-10-13(2)21-17-14/h10,12H,4-9,11H2,1-3H3,(H,16,20). The molecule has 2 amide bonds. The van der Waals surface area contributed by atoms with Crippen LogP contribution < -0.4 is 5.32 Å². The van der Waals surface area contributed by atoms with Crippen molar-refractivity contribution in [3.8, 4) is 0 Å². The number of rotatable bonds is 5. The molecule has 6 heteroatoms. The quantitative estimate of drug-likeness (QED) is 0.900. The number of piperidine rings is 1. The summed E-state index contributed by atoms with van der Waals surface area (Å²) >= 11 is 0. The fourth-order valence-electron chi connectivity index (χ4n) is 2.55. The van der Waals surface area contributed by atoms with E-state index in [0.29, 0.717) is 13.1 Å². The Balaban J connectivity index is 1.64. The van der Waals surface area contributed by atoms with Gasteiger partial charge in [0, 0.05) is 26.2 Å². The molecule has 0 aliphatic carbocycles. The molecule has 2 rings (SSSR count). The average molecular weight is 294 g/mol. The van der Waals surface area contributed by atoms with Crippen molar-refractivity contribution in [1.82, 2.24) is 20.3 Å². The Morgan fingerprint density at radius 2 is 2.24 bits per heavy atom. The van der Waals surface area contributed by atoms with Gasteiger partial charge in [0.1, 0.15) is 11.5 Å². The highest BCUT2D eigenvalue weighted by atomic mass is 16.5. The summed E-state index contributed by atoms with van der Waals surface area (Å²) in [6.07, 6.45) is 2.53. The number of amides is 2. The molecule has 6 nitrogen and oxygen atoms in total. The third-order valence-electron chi connectivity index (χ3n) is 4.00. The number of aryl methyl sites for hydroxylation is 1. The van der Waals surface area contributed by atoms with Crippen molar-refractivity contribution in [2.75, 3.05) is 33.2 Å². The summed E-state index contributed by atoms with van der Waals surface area (Å²) < 4.78 is 5.00. The van der Waals surface area contributed by atoms with Gasteiger partial charge >= 0.3 is 6.03 Å². The van der Waals surface area contributed by atoms with E-state index < -0.39 is 0 Å². The molecule has 1 N–H and O–H groups in total. The molecular formula is C15H26N4O2. The van der Waals surface area contributed by atoms with Crippen LogP contribution in [0.3, 0.4) is 0 Å². The second-order valence-corrected chi connectivity index (χ2v) is 6.04. The summed E-state index contributed by atoms with van der Waals surface area (Å²) in [5, 5.41) is 6.85. The van der Waals surface area contributed by atoms with Crippen LogP contribution in [-0.2, 0) is 6.54 Å². The Morgan fingerprint density at radius 1 is 1.52 bits per heavy atom. The van der Waals surface area contributed by atoms with Crippen molar-refractivity contribution in [3.63, 3.8) is 0 Å². The second-order valence-electron chi connectivity index (χ2n) is 6.04. The number of hydrogen-bond donors (Lipinski definition) is 1. The highest BCUT2D eigenvalue weighted by molar-refractivity contribution is 5.73. The van der Waals surface area contributed by atoms with E-state index in [0.717, 1.165) is 37.0 Å². The largest absolute Gasteiger partial charge is 0.361 e. The lowest BCUT2D eigenvalue weighted by Gasteiger charge is -2.30. The van der Waals surface area contributed by atoms with Gasteiger partial charge < -0.3 is 19.6 Å². The first-order valence-corrected chi connectivity index (χ1v) is 7.68. The molecule has 0 spiro atoms. The number of carbonyl (C=O) groups excluding carboxylic acids is 1. The van der Waals surface area contributed by atoms with Gasteiger partial charge in [0.05, 0.1) is 6.54 Å². The number of likely N-dealkylation sites (tertiary alicyclic amines) is 1. The van der Waals surface area contributed by atoms with Gasteiger partial charge in [-0.1, -0.05) is 12.1 Å². The summed E-state index contributed by atoms with van der Waals surface area (Å²) in [4.78, 5) is 16.0. The fourth-order valence-corrected chi connectivity index (χ4v) is 2.55. The van der Waals surface area contributed by atoms with E-state index in [1.807, 2.05) is 13.0 Å². The maximum atomic E-state index is 12.0. The zero-order valence-corrected chi connectivity index (χ0v) is 13.3. The van der Waals surface area contributed by atoms with Crippen molar-refractivity contribution in [2.45, 2.75) is 33.2 Å². The Morgan fingerprint density at radius 3 is 2.86 bits per heavy atom. The van der Waals surface area contributed by atoms with Gasteiger partial charge in [-0.2, -0.15) is 0 Å². The molecule has 1 aliphatic heterocycles. The topological polar surface area (TPSA) is 61.6 Å². The highest BCUT2D eigenvalue weighted by Crippen LogP contribution is 2.15. The summed E-state index contributed by atoms with van der Waals surface area (Å²) in [7, 11) is 1.77. The molecule has 118 valence electrons. The van der Waals surface area contributed by atoms with Crippen LogP contribution in [0, 0.1) is 12.8 Å². The minimum absolute atomic E-state index is 0.0685. The number of urea groups is 1. The number of carbonyl (C=O) groups is 1. The lowest BCUT2D eigenvalue weighted by molar-refractivity contribution is 0.184. The molecule has 1 saturated heterocycles. The summed E-state index contributed by atoms with van der Waals surface area (Å²) in [6.45, 7) is 8.51. The first-order chi connectivity index (χ1) is 10.0. The minimum atomic E-state index is -0.0685.